The fourth-order valence-corrected chi connectivity index (χ4v) is 6.51. The third-order valence-corrected chi connectivity index (χ3v) is 8.10. The SMILES string of the molecule is CCCC1=C(C(=O)OCC)[C@@H](c2cccc(OC)c2)n2c(s/c(=C/c3ccc(Sc4nc(C)cc(C)n4)o3)c2=O)=N1. The molecule has 0 radical (unpaired) electrons. The van der Waals surface area contributed by atoms with Crippen molar-refractivity contribution in [2.75, 3.05) is 13.7 Å². The van der Waals surface area contributed by atoms with Crippen molar-refractivity contribution in [2.24, 2.45) is 4.99 Å². The largest absolute Gasteiger partial charge is 0.497 e. The van der Waals surface area contributed by atoms with Gasteiger partial charge in [0.05, 0.1) is 35.6 Å². The maximum atomic E-state index is 13.9. The molecule has 11 heteroatoms. The van der Waals surface area contributed by atoms with Gasteiger partial charge in [0.25, 0.3) is 5.56 Å². The number of hydrogen-bond acceptors (Lipinski definition) is 10. The summed E-state index contributed by atoms with van der Waals surface area (Å²) in [7, 11) is 1.58. The topological polar surface area (TPSA) is 109 Å². The molecule has 0 N–H and O–H groups in total. The molecule has 1 aromatic carbocycles. The molecule has 1 atom stereocenters. The van der Waals surface area contributed by atoms with Gasteiger partial charge in [0.2, 0.25) is 0 Å². The summed E-state index contributed by atoms with van der Waals surface area (Å²) in [5, 5.41) is 1.20. The van der Waals surface area contributed by atoms with Crippen molar-refractivity contribution in [1.82, 2.24) is 14.5 Å². The highest BCUT2D eigenvalue weighted by atomic mass is 32.2. The predicted molar refractivity (Wildman–Crippen MR) is 157 cm³/mol. The van der Waals surface area contributed by atoms with Crippen LogP contribution in [0.5, 0.6) is 5.75 Å². The van der Waals surface area contributed by atoms with Gasteiger partial charge in [-0.25, -0.2) is 19.8 Å². The fraction of sp³-hybridized carbons (Fsp3) is 0.300. The quantitative estimate of drug-likeness (QED) is 0.203. The minimum Gasteiger partial charge on any atom is -0.497 e. The van der Waals surface area contributed by atoms with Crippen LogP contribution in [0.15, 0.2) is 78.2 Å². The summed E-state index contributed by atoms with van der Waals surface area (Å²) in [5.41, 5.74) is 3.20. The Hall–Kier alpha value is -3.96. The Morgan fingerprint density at radius 2 is 1.93 bits per heavy atom. The number of allylic oxidation sites excluding steroid dienone is 1. The van der Waals surface area contributed by atoms with Gasteiger partial charge in [0, 0.05) is 17.5 Å². The van der Waals surface area contributed by atoms with E-state index in [9.17, 15) is 9.59 Å². The summed E-state index contributed by atoms with van der Waals surface area (Å²) in [6.07, 6.45) is 3.05. The van der Waals surface area contributed by atoms with E-state index in [0.717, 1.165) is 23.4 Å². The standard InChI is InChI=1S/C30H30N4O5S2/c1-6-9-22-25(28(36)38-7-2)26(19-10-8-11-20(15-19)37-5)34-27(35)23(40-30(34)33-22)16-21-12-13-24(39-21)41-29-31-17(3)14-18(4)32-29/h8,10-16,26H,6-7,9H2,1-5H3/b23-16+/t26-/m1/s1. The molecule has 0 spiro atoms. The minimum absolute atomic E-state index is 0.211. The number of esters is 1. The van der Waals surface area contributed by atoms with Crippen molar-refractivity contribution in [2.45, 2.75) is 56.8 Å². The van der Waals surface area contributed by atoms with Crippen molar-refractivity contribution in [3.8, 4) is 5.75 Å². The highest BCUT2D eigenvalue weighted by Crippen LogP contribution is 2.34. The molecule has 41 heavy (non-hydrogen) atoms. The van der Waals surface area contributed by atoms with E-state index in [2.05, 4.69) is 9.97 Å². The third kappa shape index (κ3) is 6.06. The number of carbonyl (C=O) groups is 1. The number of hydrogen-bond donors (Lipinski definition) is 0. The Bertz CT molecular complexity index is 1800. The monoisotopic (exact) mass is 590 g/mol. The van der Waals surface area contributed by atoms with Crippen molar-refractivity contribution >= 4 is 35.1 Å². The number of ether oxygens (including phenoxy) is 2. The fourth-order valence-electron chi connectivity index (χ4n) is 4.67. The lowest BCUT2D eigenvalue weighted by molar-refractivity contribution is -0.139. The molecule has 0 unspecified atom stereocenters. The second-order valence-electron chi connectivity index (χ2n) is 9.38. The van der Waals surface area contributed by atoms with Crippen LogP contribution in [0, 0.1) is 13.8 Å². The normalized spacial score (nSPS) is 15.0. The van der Waals surface area contributed by atoms with E-state index in [1.165, 1.54) is 23.1 Å². The minimum atomic E-state index is -0.714. The summed E-state index contributed by atoms with van der Waals surface area (Å²) in [5.74, 6) is 0.650. The maximum Gasteiger partial charge on any atom is 0.338 e. The van der Waals surface area contributed by atoms with Crippen molar-refractivity contribution in [1.29, 1.82) is 0 Å². The lowest BCUT2D eigenvalue weighted by atomic mass is 9.94. The Morgan fingerprint density at radius 1 is 1.15 bits per heavy atom. The van der Waals surface area contributed by atoms with Gasteiger partial charge in [-0.15, -0.1) is 0 Å². The predicted octanol–water partition coefficient (Wildman–Crippen LogP) is 4.74. The highest BCUT2D eigenvalue weighted by Gasteiger charge is 2.34. The maximum absolute atomic E-state index is 13.9. The van der Waals surface area contributed by atoms with E-state index in [1.807, 2.05) is 57.2 Å². The molecule has 0 bridgehead atoms. The zero-order chi connectivity index (χ0) is 29.1. The molecule has 5 rings (SSSR count). The number of methoxy groups -OCH3 is 1. The van der Waals surface area contributed by atoms with E-state index >= 15 is 0 Å². The first kappa shape index (κ1) is 28.6. The summed E-state index contributed by atoms with van der Waals surface area (Å²) < 4.78 is 18.9. The van der Waals surface area contributed by atoms with Gasteiger partial charge in [0.15, 0.2) is 15.1 Å². The molecule has 3 aromatic heterocycles. The first-order valence-electron chi connectivity index (χ1n) is 13.3. The molecule has 4 aromatic rings. The van der Waals surface area contributed by atoms with Crippen LogP contribution < -0.4 is 19.6 Å². The van der Waals surface area contributed by atoms with Crippen LogP contribution in [-0.2, 0) is 9.53 Å². The lowest BCUT2D eigenvalue weighted by Crippen LogP contribution is -2.40. The summed E-state index contributed by atoms with van der Waals surface area (Å²) in [4.78, 5) is 41.5. The lowest BCUT2D eigenvalue weighted by Gasteiger charge is -2.26. The molecule has 9 nitrogen and oxygen atoms in total. The molecule has 212 valence electrons. The first-order valence-corrected chi connectivity index (χ1v) is 14.9. The van der Waals surface area contributed by atoms with E-state index in [0.29, 0.717) is 48.8 Å². The van der Waals surface area contributed by atoms with E-state index in [4.69, 9.17) is 18.9 Å². The number of furan rings is 1. The average Bonchev–Trinajstić information content (AvgIpc) is 3.50. The van der Waals surface area contributed by atoms with E-state index < -0.39 is 12.0 Å². The zero-order valence-corrected chi connectivity index (χ0v) is 25.1. The van der Waals surface area contributed by atoms with Crippen LogP contribution in [0.4, 0.5) is 0 Å². The zero-order valence-electron chi connectivity index (χ0n) is 23.5. The van der Waals surface area contributed by atoms with Crippen LogP contribution >= 0.6 is 23.1 Å². The molecular formula is C30H30N4O5S2. The van der Waals surface area contributed by atoms with Crippen molar-refractivity contribution < 1.29 is 18.7 Å². The van der Waals surface area contributed by atoms with Gasteiger partial charge in [-0.2, -0.15) is 0 Å². The third-order valence-electron chi connectivity index (χ3n) is 6.33. The average molecular weight is 591 g/mol. The number of thiazole rings is 1. The summed E-state index contributed by atoms with van der Waals surface area (Å²) in [6.45, 7) is 7.84. The van der Waals surface area contributed by atoms with Gasteiger partial charge in [-0.3, -0.25) is 9.36 Å². The number of aromatic nitrogens is 3. The summed E-state index contributed by atoms with van der Waals surface area (Å²) in [6, 6.07) is 12.2. The van der Waals surface area contributed by atoms with Crippen molar-refractivity contribution in [3.05, 3.63) is 96.1 Å². The molecule has 1 aliphatic rings. The smallest absolute Gasteiger partial charge is 0.338 e. The van der Waals surface area contributed by atoms with Gasteiger partial charge in [0.1, 0.15) is 11.5 Å². The molecule has 4 heterocycles. The van der Waals surface area contributed by atoms with Crippen LogP contribution in [-0.4, -0.2) is 34.2 Å². The van der Waals surface area contributed by atoms with E-state index in [1.54, 1.807) is 30.7 Å². The number of aryl methyl sites for hydroxylation is 2. The first-order chi connectivity index (χ1) is 19.8. The highest BCUT2D eigenvalue weighted by molar-refractivity contribution is 7.99. The van der Waals surface area contributed by atoms with E-state index in [-0.39, 0.29) is 12.2 Å². The number of carbonyl (C=O) groups excluding carboxylic acids is 1. The Balaban J connectivity index is 1.61. The Kier molecular flexibility index (Phi) is 8.55. The summed E-state index contributed by atoms with van der Waals surface area (Å²) >= 11 is 2.57. The molecule has 0 fully saturated rings. The number of benzene rings is 1. The van der Waals surface area contributed by atoms with Crippen LogP contribution in [0.3, 0.4) is 0 Å². The second-order valence-corrected chi connectivity index (χ2v) is 11.4. The number of fused-ring (bicyclic) bond motifs is 1. The molecule has 0 saturated carbocycles. The van der Waals surface area contributed by atoms with Gasteiger partial charge in [-0.1, -0.05) is 36.8 Å². The van der Waals surface area contributed by atoms with Crippen LogP contribution in [0.2, 0.25) is 0 Å². The van der Waals surface area contributed by atoms with Crippen LogP contribution in [0.25, 0.3) is 6.08 Å². The molecule has 0 aliphatic carbocycles. The second kappa shape index (κ2) is 12.3. The van der Waals surface area contributed by atoms with Crippen molar-refractivity contribution in [3.63, 3.8) is 0 Å². The molecular weight excluding hydrogens is 560 g/mol. The molecule has 0 saturated heterocycles. The molecule has 1 aliphatic heterocycles. The van der Waals surface area contributed by atoms with Gasteiger partial charge >= 0.3 is 5.97 Å². The van der Waals surface area contributed by atoms with Gasteiger partial charge in [-0.05, 0) is 74.8 Å². The Labute approximate surface area is 245 Å². The number of nitrogens with zero attached hydrogens (tertiary/aromatic N) is 4. The van der Waals surface area contributed by atoms with Crippen LogP contribution in [0.1, 0.15) is 55.4 Å². The van der Waals surface area contributed by atoms with Gasteiger partial charge < -0.3 is 13.9 Å². The molecule has 0 amide bonds. The number of rotatable bonds is 9. The Morgan fingerprint density at radius 3 is 2.63 bits per heavy atom.